The van der Waals surface area contributed by atoms with E-state index in [0.29, 0.717) is 26.2 Å². The highest BCUT2D eigenvalue weighted by molar-refractivity contribution is 7.13. The zero-order valence-electron chi connectivity index (χ0n) is 13.5. The lowest BCUT2D eigenvalue weighted by Crippen LogP contribution is -2.50. The van der Waals surface area contributed by atoms with Crippen molar-refractivity contribution in [3.8, 4) is 0 Å². The molecule has 1 aliphatic rings. The average Bonchev–Trinajstić information content (AvgIpc) is 3.03. The Morgan fingerprint density at radius 3 is 2.21 bits per heavy atom. The number of nitrogens with zero attached hydrogens (tertiary/aromatic N) is 2. The summed E-state index contributed by atoms with van der Waals surface area (Å²) in [7, 11) is 0. The van der Waals surface area contributed by atoms with E-state index in [-0.39, 0.29) is 24.1 Å². The number of carbonyl (C=O) groups excluding carboxylic acids is 2. The number of halogens is 1. The van der Waals surface area contributed by atoms with E-state index in [1.807, 2.05) is 19.1 Å². The fraction of sp³-hybridized carbons (Fsp3) is 0.333. The number of hydrogen-bond acceptors (Lipinski definition) is 3. The molecule has 6 heteroatoms. The molecular weight excluding hydrogens is 327 g/mol. The molecule has 2 amide bonds. The molecule has 0 bridgehead atoms. The van der Waals surface area contributed by atoms with Crippen LogP contribution in [0.3, 0.4) is 0 Å². The molecule has 3 rings (SSSR count). The summed E-state index contributed by atoms with van der Waals surface area (Å²) in [4.78, 5) is 30.2. The number of thiophene rings is 1. The second-order valence-electron chi connectivity index (χ2n) is 5.89. The molecule has 2 aromatic rings. The first-order valence-electron chi connectivity index (χ1n) is 7.91. The van der Waals surface area contributed by atoms with Crippen LogP contribution in [0.2, 0.25) is 0 Å². The van der Waals surface area contributed by atoms with Gasteiger partial charge in [0.1, 0.15) is 5.82 Å². The van der Waals surface area contributed by atoms with E-state index in [1.165, 1.54) is 23.5 Å². The van der Waals surface area contributed by atoms with Crippen molar-refractivity contribution in [1.82, 2.24) is 9.80 Å². The minimum absolute atomic E-state index is 0.0145. The Morgan fingerprint density at radius 2 is 1.62 bits per heavy atom. The molecule has 126 valence electrons. The molecule has 1 aromatic carbocycles. The van der Waals surface area contributed by atoms with Gasteiger partial charge in [-0.1, -0.05) is 12.1 Å². The quantitative estimate of drug-likeness (QED) is 0.857. The van der Waals surface area contributed by atoms with E-state index in [4.69, 9.17) is 0 Å². The second-order valence-corrected chi connectivity index (χ2v) is 7.17. The summed E-state index contributed by atoms with van der Waals surface area (Å²) >= 11 is 1.50. The third kappa shape index (κ3) is 3.82. The van der Waals surface area contributed by atoms with Crippen LogP contribution in [0.1, 0.15) is 20.1 Å². The summed E-state index contributed by atoms with van der Waals surface area (Å²) in [6.07, 6.45) is 0.262. The molecule has 0 saturated carbocycles. The second kappa shape index (κ2) is 7.13. The van der Waals surface area contributed by atoms with Crippen molar-refractivity contribution in [2.24, 2.45) is 0 Å². The minimum atomic E-state index is -0.304. The average molecular weight is 346 g/mol. The Balaban J connectivity index is 1.53. The molecule has 24 heavy (non-hydrogen) atoms. The van der Waals surface area contributed by atoms with Crippen molar-refractivity contribution in [3.05, 3.63) is 57.5 Å². The first-order chi connectivity index (χ1) is 11.5. The van der Waals surface area contributed by atoms with Gasteiger partial charge in [-0.05, 0) is 36.8 Å². The van der Waals surface area contributed by atoms with Crippen molar-refractivity contribution >= 4 is 23.2 Å². The summed E-state index contributed by atoms with van der Waals surface area (Å²) < 4.78 is 12.9. The Hall–Kier alpha value is -2.21. The standard InChI is InChI=1S/C18H19FN2O2S/c1-13-2-7-16(24-13)18(23)21-10-8-20(9-11-21)17(22)12-14-3-5-15(19)6-4-14/h2-7H,8-12H2,1H3. The zero-order chi connectivity index (χ0) is 17.1. The molecule has 0 radical (unpaired) electrons. The lowest BCUT2D eigenvalue weighted by atomic mass is 10.1. The Kier molecular flexibility index (Phi) is 4.94. The van der Waals surface area contributed by atoms with Gasteiger partial charge in [0.05, 0.1) is 11.3 Å². The molecule has 0 atom stereocenters. The van der Waals surface area contributed by atoms with Gasteiger partial charge in [0, 0.05) is 31.1 Å². The summed E-state index contributed by atoms with van der Waals surface area (Å²) in [5, 5.41) is 0. The highest BCUT2D eigenvalue weighted by Gasteiger charge is 2.25. The fourth-order valence-corrected chi connectivity index (χ4v) is 3.59. The van der Waals surface area contributed by atoms with Crippen LogP contribution in [0.4, 0.5) is 4.39 Å². The molecular formula is C18H19FN2O2S. The first kappa shape index (κ1) is 16.6. The molecule has 2 heterocycles. The highest BCUT2D eigenvalue weighted by Crippen LogP contribution is 2.18. The van der Waals surface area contributed by atoms with Gasteiger partial charge in [0.25, 0.3) is 5.91 Å². The molecule has 1 aliphatic heterocycles. The molecule has 4 nitrogen and oxygen atoms in total. The number of amides is 2. The zero-order valence-corrected chi connectivity index (χ0v) is 14.3. The van der Waals surface area contributed by atoms with Gasteiger partial charge in [0.2, 0.25) is 5.91 Å². The van der Waals surface area contributed by atoms with Crippen LogP contribution in [0, 0.1) is 12.7 Å². The number of benzene rings is 1. The van der Waals surface area contributed by atoms with Gasteiger partial charge < -0.3 is 9.80 Å². The minimum Gasteiger partial charge on any atom is -0.339 e. The van der Waals surface area contributed by atoms with E-state index in [2.05, 4.69) is 0 Å². The number of piperazine rings is 1. The van der Waals surface area contributed by atoms with Crippen molar-refractivity contribution in [1.29, 1.82) is 0 Å². The Labute approximate surface area is 144 Å². The van der Waals surface area contributed by atoms with E-state index in [0.717, 1.165) is 15.3 Å². The number of hydrogen-bond donors (Lipinski definition) is 0. The van der Waals surface area contributed by atoms with E-state index >= 15 is 0 Å². The van der Waals surface area contributed by atoms with Gasteiger partial charge in [-0.3, -0.25) is 9.59 Å². The fourth-order valence-electron chi connectivity index (χ4n) is 2.75. The van der Waals surface area contributed by atoms with Crippen molar-refractivity contribution in [2.75, 3.05) is 26.2 Å². The lowest BCUT2D eigenvalue weighted by molar-refractivity contribution is -0.131. The van der Waals surface area contributed by atoms with Gasteiger partial charge in [-0.25, -0.2) is 4.39 Å². The highest BCUT2D eigenvalue weighted by atomic mass is 32.1. The maximum atomic E-state index is 12.9. The van der Waals surface area contributed by atoms with Crippen LogP contribution in [0.15, 0.2) is 36.4 Å². The van der Waals surface area contributed by atoms with Crippen LogP contribution in [-0.2, 0) is 11.2 Å². The van der Waals surface area contributed by atoms with Gasteiger partial charge >= 0.3 is 0 Å². The number of carbonyl (C=O) groups is 2. The van der Waals surface area contributed by atoms with Crippen LogP contribution in [0.5, 0.6) is 0 Å². The molecule has 1 saturated heterocycles. The van der Waals surface area contributed by atoms with E-state index in [1.54, 1.807) is 21.9 Å². The van der Waals surface area contributed by atoms with Gasteiger partial charge in [-0.15, -0.1) is 11.3 Å². The topological polar surface area (TPSA) is 40.6 Å². The molecule has 0 aliphatic carbocycles. The Bertz CT molecular complexity index is 734. The monoisotopic (exact) mass is 346 g/mol. The summed E-state index contributed by atoms with van der Waals surface area (Å²) in [5.41, 5.74) is 0.800. The first-order valence-corrected chi connectivity index (χ1v) is 8.72. The van der Waals surface area contributed by atoms with Crippen LogP contribution in [0.25, 0.3) is 0 Å². The van der Waals surface area contributed by atoms with Crippen LogP contribution >= 0.6 is 11.3 Å². The molecule has 0 spiro atoms. The van der Waals surface area contributed by atoms with Crippen LogP contribution < -0.4 is 0 Å². The maximum Gasteiger partial charge on any atom is 0.264 e. The maximum absolute atomic E-state index is 12.9. The van der Waals surface area contributed by atoms with Crippen molar-refractivity contribution < 1.29 is 14.0 Å². The molecule has 0 unspecified atom stereocenters. The predicted molar refractivity (Wildman–Crippen MR) is 91.6 cm³/mol. The third-order valence-electron chi connectivity index (χ3n) is 4.14. The van der Waals surface area contributed by atoms with E-state index in [9.17, 15) is 14.0 Å². The number of rotatable bonds is 3. The summed E-state index contributed by atoms with van der Waals surface area (Å²) in [6, 6.07) is 9.79. The molecule has 0 N–H and O–H groups in total. The molecule has 1 fully saturated rings. The SMILES string of the molecule is Cc1ccc(C(=O)N2CCN(C(=O)Cc3ccc(F)cc3)CC2)s1. The Morgan fingerprint density at radius 1 is 1.00 bits per heavy atom. The number of aryl methyl sites for hydroxylation is 1. The van der Waals surface area contributed by atoms with Gasteiger partial charge in [-0.2, -0.15) is 0 Å². The third-order valence-corrected chi connectivity index (χ3v) is 5.13. The van der Waals surface area contributed by atoms with Crippen molar-refractivity contribution in [3.63, 3.8) is 0 Å². The lowest BCUT2D eigenvalue weighted by Gasteiger charge is -2.34. The summed E-state index contributed by atoms with van der Waals surface area (Å²) in [5.74, 6) is -0.249. The normalized spacial score (nSPS) is 14.8. The largest absolute Gasteiger partial charge is 0.339 e. The van der Waals surface area contributed by atoms with E-state index < -0.39 is 0 Å². The summed E-state index contributed by atoms with van der Waals surface area (Å²) in [6.45, 7) is 4.15. The molecule has 1 aromatic heterocycles. The van der Waals surface area contributed by atoms with Crippen molar-refractivity contribution in [2.45, 2.75) is 13.3 Å². The van der Waals surface area contributed by atoms with Crippen LogP contribution in [-0.4, -0.2) is 47.8 Å². The predicted octanol–water partition coefficient (Wildman–Crippen LogP) is 2.72. The smallest absolute Gasteiger partial charge is 0.264 e. The van der Waals surface area contributed by atoms with Gasteiger partial charge in [0.15, 0.2) is 0 Å².